The third kappa shape index (κ3) is 6.37. The van der Waals surface area contributed by atoms with Crippen LogP contribution < -0.4 is 5.73 Å². The van der Waals surface area contributed by atoms with Gasteiger partial charge in [-0.3, -0.25) is 4.79 Å². The number of rotatable bonds is 5. The highest BCUT2D eigenvalue weighted by molar-refractivity contribution is 5.96. The lowest BCUT2D eigenvalue weighted by Gasteiger charge is -2.40. The zero-order valence-corrected chi connectivity index (χ0v) is 20.9. The molecule has 33 heavy (non-hydrogen) atoms. The van der Waals surface area contributed by atoms with Crippen LogP contribution in [0.1, 0.15) is 81.8 Å². The number of nitrogens with zero attached hydrogens (tertiary/aromatic N) is 1. The second-order valence-corrected chi connectivity index (χ2v) is 11.0. The smallest absolute Gasteiger partial charge is 0.410 e. The molecule has 1 saturated carbocycles. The van der Waals surface area contributed by atoms with Gasteiger partial charge < -0.3 is 15.4 Å². The zero-order valence-electron chi connectivity index (χ0n) is 20.9. The molecule has 3 rings (SSSR count). The van der Waals surface area contributed by atoms with Gasteiger partial charge in [-0.05, 0) is 87.1 Å². The first-order valence-corrected chi connectivity index (χ1v) is 11.8. The quantitative estimate of drug-likeness (QED) is 0.567. The number of nitrogens with two attached hydrogens (primary N) is 1. The van der Waals surface area contributed by atoms with E-state index in [-0.39, 0.29) is 12.1 Å². The van der Waals surface area contributed by atoms with Gasteiger partial charge in [-0.1, -0.05) is 50.2 Å². The lowest BCUT2D eigenvalue weighted by molar-refractivity contribution is 0.00491. The highest BCUT2D eigenvalue weighted by Crippen LogP contribution is 2.38. The van der Waals surface area contributed by atoms with Gasteiger partial charge in [-0.25, -0.2) is 4.79 Å². The SMILES string of the molecule is Cc1c(C(N)=O)cccc1-c1ccc(CN(C(=O)OC(C)(C)C)C2CCC(C)(C)CC2)cc1. The van der Waals surface area contributed by atoms with E-state index in [9.17, 15) is 9.59 Å². The maximum Gasteiger partial charge on any atom is 0.410 e. The van der Waals surface area contributed by atoms with E-state index < -0.39 is 11.5 Å². The third-order valence-electron chi connectivity index (χ3n) is 6.59. The Morgan fingerprint density at radius 2 is 1.67 bits per heavy atom. The topological polar surface area (TPSA) is 72.6 Å². The summed E-state index contributed by atoms with van der Waals surface area (Å²) in [6, 6.07) is 14.0. The molecule has 5 heteroatoms. The molecular formula is C28H38N2O3. The second kappa shape index (κ2) is 9.58. The largest absolute Gasteiger partial charge is 0.444 e. The second-order valence-electron chi connectivity index (χ2n) is 11.0. The molecule has 178 valence electrons. The predicted octanol–water partition coefficient (Wildman–Crippen LogP) is 6.47. The third-order valence-corrected chi connectivity index (χ3v) is 6.59. The molecule has 2 aromatic rings. The standard InChI is InChI=1S/C28H38N2O3/c1-19-23(8-7-9-24(19)25(29)31)21-12-10-20(11-13-21)18-30(26(32)33-27(2,3)4)22-14-16-28(5,6)17-15-22/h7-13,22H,14-18H2,1-6H3,(H2,29,31). The Morgan fingerprint density at radius 1 is 1.06 bits per heavy atom. The molecule has 0 bridgehead atoms. The van der Waals surface area contributed by atoms with Crippen molar-refractivity contribution in [2.75, 3.05) is 0 Å². The summed E-state index contributed by atoms with van der Waals surface area (Å²) >= 11 is 0. The minimum Gasteiger partial charge on any atom is -0.444 e. The van der Waals surface area contributed by atoms with Crippen LogP contribution in [0.4, 0.5) is 4.79 Å². The molecule has 2 amide bonds. The number of primary amides is 1. The number of carbonyl (C=O) groups is 2. The molecule has 0 atom stereocenters. The van der Waals surface area contributed by atoms with Gasteiger partial charge in [0.2, 0.25) is 5.91 Å². The van der Waals surface area contributed by atoms with Crippen molar-refractivity contribution in [1.29, 1.82) is 0 Å². The molecule has 0 saturated heterocycles. The number of ether oxygens (including phenoxy) is 1. The van der Waals surface area contributed by atoms with E-state index in [1.807, 2.05) is 56.9 Å². The van der Waals surface area contributed by atoms with Crippen LogP contribution in [0.2, 0.25) is 0 Å². The van der Waals surface area contributed by atoms with Crippen molar-refractivity contribution in [1.82, 2.24) is 4.90 Å². The van der Waals surface area contributed by atoms with Gasteiger partial charge >= 0.3 is 6.09 Å². The van der Waals surface area contributed by atoms with Crippen LogP contribution in [0.3, 0.4) is 0 Å². The van der Waals surface area contributed by atoms with Gasteiger partial charge in [0.05, 0.1) is 0 Å². The molecule has 1 fully saturated rings. The number of carbonyl (C=O) groups excluding carboxylic acids is 2. The van der Waals surface area contributed by atoms with Crippen LogP contribution in [-0.2, 0) is 11.3 Å². The van der Waals surface area contributed by atoms with Gasteiger partial charge in [-0.2, -0.15) is 0 Å². The number of benzene rings is 2. The maximum atomic E-state index is 13.1. The Kier molecular flexibility index (Phi) is 7.20. The summed E-state index contributed by atoms with van der Waals surface area (Å²) in [5.74, 6) is -0.422. The molecule has 2 aromatic carbocycles. The first-order chi connectivity index (χ1) is 15.4. The van der Waals surface area contributed by atoms with Crippen LogP contribution in [0, 0.1) is 12.3 Å². The summed E-state index contributed by atoms with van der Waals surface area (Å²) in [5.41, 5.74) is 9.77. The van der Waals surface area contributed by atoms with Gasteiger partial charge in [0, 0.05) is 18.2 Å². The first kappa shape index (κ1) is 24.8. The molecule has 0 unspecified atom stereocenters. The van der Waals surface area contributed by atoms with Crippen molar-refractivity contribution >= 4 is 12.0 Å². The first-order valence-electron chi connectivity index (χ1n) is 11.8. The molecule has 1 aliphatic rings. The summed E-state index contributed by atoms with van der Waals surface area (Å²) in [5, 5.41) is 0. The number of amides is 2. The molecule has 0 spiro atoms. The molecule has 5 nitrogen and oxygen atoms in total. The van der Waals surface area contributed by atoms with Gasteiger partial charge in [0.25, 0.3) is 0 Å². The lowest BCUT2D eigenvalue weighted by atomic mass is 9.75. The van der Waals surface area contributed by atoms with Crippen molar-refractivity contribution < 1.29 is 14.3 Å². The van der Waals surface area contributed by atoms with E-state index in [1.165, 1.54) is 0 Å². The van der Waals surface area contributed by atoms with Crippen molar-refractivity contribution in [3.05, 3.63) is 59.2 Å². The van der Waals surface area contributed by atoms with Gasteiger partial charge in [0.15, 0.2) is 0 Å². The highest BCUT2D eigenvalue weighted by atomic mass is 16.6. The van der Waals surface area contributed by atoms with Crippen LogP contribution in [0.15, 0.2) is 42.5 Å². The Morgan fingerprint density at radius 3 is 2.21 bits per heavy atom. The Hall–Kier alpha value is -2.82. The molecule has 0 radical (unpaired) electrons. The molecule has 0 aromatic heterocycles. The number of hydrogen-bond acceptors (Lipinski definition) is 3. The Labute approximate surface area is 198 Å². The Balaban J connectivity index is 1.82. The average molecular weight is 451 g/mol. The fourth-order valence-electron chi connectivity index (χ4n) is 4.56. The fraction of sp³-hybridized carbons (Fsp3) is 0.500. The molecule has 2 N–H and O–H groups in total. The molecule has 0 aliphatic heterocycles. The minimum absolute atomic E-state index is 0.182. The molecule has 0 heterocycles. The van der Waals surface area contributed by atoms with Gasteiger partial charge in [0.1, 0.15) is 5.60 Å². The van der Waals surface area contributed by atoms with E-state index in [2.05, 4.69) is 26.0 Å². The fourth-order valence-corrected chi connectivity index (χ4v) is 4.56. The van der Waals surface area contributed by atoms with E-state index in [4.69, 9.17) is 10.5 Å². The van der Waals surface area contributed by atoms with Crippen molar-refractivity contribution in [3.8, 4) is 11.1 Å². The predicted molar refractivity (Wildman–Crippen MR) is 133 cm³/mol. The van der Waals surface area contributed by atoms with Crippen LogP contribution >= 0.6 is 0 Å². The summed E-state index contributed by atoms with van der Waals surface area (Å²) in [6.45, 7) is 12.8. The molecule has 1 aliphatic carbocycles. The summed E-state index contributed by atoms with van der Waals surface area (Å²) in [6.07, 6.45) is 3.94. The normalized spacial score (nSPS) is 16.3. The summed E-state index contributed by atoms with van der Waals surface area (Å²) in [7, 11) is 0. The summed E-state index contributed by atoms with van der Waals surface area (Å²) < 4.78 is 5.76. The molecular weight excluding hydrogens is 412 g/mol. The van der Waals surface area contributed by atoms with E-state index in [1.54, 1.807) is 6.07 Å². The highest BCUT2D eigenvalue weighted by Gasteiger charge is 2.34. The van der Waals surface area contributed by atoms with E-state index >= 15 is 0 Å². The van der Waals surface area contributed by atoms with Crippen molar-refractivity contribution in [2.24, 2.45) is 11.1 Å². The lowest BCUT2D eigenvalue weighted by Crippen LogP contribution is -2.45. The summed E-state index contributed by atoms with van der Waals surface area (Å²) in [4.78, 5) is 26.7. The monoisotopic (exact) mass is 450 g/mol. The Bertz CT molecular complexity index is 993. The van der Waals surface area contributed by atoms with E-state index in [0.29, 0.717) is 17.5 Å². The van der Waals surface area contributed by atoms with Crippen LogP contribution in [-0.4, -0.2) is 28.5 Å². The van der Waals surface area contributed by atoms with Crippen molar-refractivity contribution in [2.45, 2.75) is 85.4 Å². The van der Waals surface area contributed by atoms with Crippen molar-refractivity contribution in [3.63, 3.8) is 0 Å². The van der Waals surface area contributed by atoms with E-state index in [0.717, 1.165) is 47.9 Å². The average Bonchev–Trinajstić information content (AvgIpc) is 2.71. The minimum atomic E-state index is -0.532. The van der Waals surface area contributed by atoms with Crippen LogP contribution in [0.5, 0.6) is 0 Å². The van der Waals surface area contributed by atoms with Crippen LogP contribution in [0.25, 0.3) is 11.1 Å². The van der Waals surface area contributed by atoms with Gasteiger partial charge in [-0.15, -0.1) is 0 Å². The number of hydrogen-bond donors (Lipinski definition) is 1. The maximum absolute atomic E-state index is 13.1. The zero-order chi connectivity index (χ0) is 24.4.